The molecule has 0 fully saturated rings. The van der Waals surface area contributed by atoms with Gasteiger partial charge in [0.05, 0.1) is 19.3 Å². The molecule has 2 aromatic rings. The first-order chi connectivity index (χ1) is 9.25. The van der Waals surface area contributed by atoms with Crippen LogP contribution in [-0.2, 0) is 11.3 Å². The van der Waals surface area contributed by atoms with Crippen molar-refractivity contribution in [2.24, 2.45) is 0 Å². The first-order valence-corrected chi connectivity index (χ1v) is 8.06. The summed E-state index contributed by atoms with van der Waals surface area (Å²) in [6.07, 6.45) is -0.470. The van der Waals surface area contributed by atoms with E-state index in [0.717, 1.165) is 0 Å². The first-order valence-electron chi connectivity index (χ1n) is 6.30. The second-order valence-corrected chi connectivity index (χ2v) is 6.41. The van der Waals surface area contributed by atoms with Crippen LogP contribution in [0.15, 0.2) is 35.0 Å². The van der Waals surface area contributed by atoms with E-state index in [1.807, 2.05) is 23.6 Å². The minimum atomic E-state index is -0.470. The third-order valence-corrected chi connectivity index (χ3v) is 4.67. The average molecular weight is 297 g/mol. The summed E-state index contributed by atoms with van der Waals surface area (Å²) in [5.74, 6) is 0. The van der Waals surface area contributed by atoms with Crippen molar-refractivity contribution in [2.75, 3.05) is 13.2 Å². The van der Waals surface area contributed by atoms with Crippen LogP contribution in [0, 0.1) is 0 Å². The number of nitrogens with one attached hydrogen (secondary N) is 1. The van der Waals surface area contributed by atoms with Crippen LogP contribution in [-0.4, -0.2) is 24.4 Å². The molecule has 0 saturated carbocycles. The standard InChI is InChI=1S/C14H19NO2S2/c1-11(14-5-3-7-19-14)15-8-12(16)9-17-10-13-4-2-6-18-13/h2-7,11-12,15-16H,8-10H2,1H3. The van der Waals surface area contributed by atoms with Gasteiger partial charge in [0.25, 0.3) is 0 Å². The van der Waals surface area contributed by atoms with Gasteiger partial charge >= 0.3 is 0 Å². The highest BCUT2D eigenvalue weighted by Crippen LogP contribution is 2.17. The van der Waals surface area contributed by atoms with E-state index in [1.54, 1.807) is 22.7 Å². The van der Waals surface area contributed by atoms with Crippen molar-refractivity contribution in [1.29, 1.82) is 0 Å². The largest absolute Gasteiger partial charge is 0.389 e. The van der Waals surface area contributed by atoms with Gasteiger partial charge in [-0.25, -0.2) is 0 Å². The van der Waals surface area contributed by atoms with Crippen LogP contribution >= 0.6 is 22.7 Å². The van der Waals surface area contributed by atoms with Gasteiger partial charge in [-0.2, -0.15) is 0 Å². The number of rotatable bonds is 8. The first kappa shape index (κ1) is 14.7. The van der Waals surface area contributed by atoms with Gasteiger partial charge in [-0.1, -0.05) is 12.1 Å². The van der Waals surface area contributed by atoms with Gasteiger partial charge in [0.15, 0.2) is 0 Å². The van der Waals surface area contributed by atoms with E-state index in [0.29, 0.717) is 19.8 Å². The molecule has 0 saturated heterocycles. The summed E-state index contributed by atoms with van der Waals surface area (Å²) in [6, 6.07) is 8.45. The summed E-state index contributed by atoms with van der Waals surface area (Å²) in [7, 11) is 0. The topological polar surface area (TPSA) is 41.5 Å². The Hall–Kier alpha value is -0.720. The Bertz CT molecular complexity index is 442. The predicted molar refractivity (Wildman–Crippen MR) is 80.7 cm³/mol. The van der Waals surface area contributed by atoms with E-state index >= 15 is 0 Å². The molecule has 2 unspecified atom stereocenters. The van der Waals surface area contributed by atoms with Crippen molar-refractivity contribution < 1.29 is 9.84 Å². The molecule has 5 heteroatoms. The number of hydrogen-bond acceptors (Lipinski definition) is 5. The van der Waals surface area contributed by atoms with Crippen molar-refractivity contribution in [2.45, 2.75) is 25.7 Å². The second kappa shape index (κ2) is 7.77. The van der Waals surface area contributed by atoms with Crippen LogP contribution in [0.25, 0.3) is 0 Å². The molecule has 0 radical (unpaired) electrons. The molecule has 19 heavy (non-hydrogen) atoms. The van der Waals surface area contributed by atoms with E-state index in [1.165, 1.54) is 9.75 Å². The number of ether oxygens (including phenoxy) is 1. The summed E-state index contributed by atoms with van der Waals surface area (Å²) in [6.45, 7) is 3.59. The van der Waals surface area contributed by atoms with Crippen molar-refractivity contribution in [3.05, 3.63) is 44.8 Å². The van der Waals surface area contributed by atoms with Crippen LogP contribution in [0.2, 0.25) is 0 Å². The van der Waals surface area contributed by atoms with E-state index in [-0.39, 0.29) is 6.04 Å². The summed E-state index contributed by atoms with van der Waals surface area (Å²) < 4.78 is 5.49. The van der Waals surface area contributed by atoms with Crippen LogP contribution < -0.4 is 5.32 Å². The van der Waals surface area contributed by atoms with Gasteiger partial charge in [0.1, 0.15) is 0 Å². The van der Waals surface area contributed by atoms with Crippen molar-refractivity contribution >= 4 is 22.7 Å². The minimum Gasteiger partial charge on any atom is -0.389 e. The molecule has 2 aromatic heterocycles. The van der Waals surface area contributed by atoms with Crippen LogP contribution in [0.3, 0.4) is 0 Å². The molecular formula is C14H19NO2S2. The van der Waals surface area contributed by atoms with Crippen molar-refractivity contribution in [1.82, 2.24) is 5.32 Å². The van der Waals surface area contributed by atoms with E-state index < -0.39 is 6.10 Å². The zero-order valence-electron chi connectivity index (χ0n) is 10.9. The zero-order valence-corrected chi connectivity index (χ0v) is 12.5. The summed E-state index contributed by atoms with van der Waals surface area (Å²) in [5.41, 5.74) is 0. The molecule has 0 aliphatic carbocycles. The zero-order chi connectivity index (χ0) is 13.5. The molecule has 0 bridgehead atoms. The lowest BCUT2D eigenvalue weighted by Crippen LogP contribution is -2.31. The fourth-order valence-corrected chi connectivity index (χ4v) is 3.10. The van der Waals surface area contributed by atoms with Gasteiger partial charge in [-0.05, 0) is 29.8 Å². The highest BCUT2D eigenvalue weighted by atomic mass is 32.1. The molecule has 2 atom stereocenters. The Morgan fingerprint density at radius 1 is 1.26 bits per heavy atom. The SMILES string of the molecule is CC(NCC(O)COCc1cccs1)c1cccs1. The summed E-state index contributed by atoms with van der Waals surface area (Å²) >= 11 is 3.40. The van der Waals surface area contributed by atoms with Gasteiger partial charge in [-0.3, -0.25) is 0 Å². The summed E-state index contributed by atoms with van der Waals surface area (Å²) in [5, 5.41) is 17.2. The second-order valence-electron chi connectivity index (χ2n) is 4.39. The van der Waals surface area contributed by atoms with Gasteiger partial charge in [0.2, 0.25) is 0 Å². The maximum Gasteiger partial charge on any atom is 0.0898 e. The van der Waals surface area contributed by atoms with Crippen LogP contribution in [0.4, 0.5) is 0 Å². The quantitative estimate of drug-likeness (QED) is 0.787. The Balaban J connectivity index is 1.60. The molecule has 0 aromatic carbocycles. The third kappa shape index (κ3) is 5.04. The average Bonchev–Trinajstić information content (AvgIpc) is 3.08. The van der Waals surface area contributed by atoms with E-state index in [9.17, 15) is 5.11 Å². The molecule has 0 amide bonds. The smallest absolute Gasteiger partial charge is 0.0898 e. The monoisotopic (exact) mass is 297 g/mol. The lowest BCUT2D eigenvalue weighted by Gasteiger charge is -2.16. The molecule has 3 nitrogen and oxygen atoms in total. The van der Waals surface area contributed by atoms with Crippen molar-refractivity contribution in [3.8, 4) is 0 Å². The van der Waals surface area contributed by atoms with Gasteiger partial charge in [-0.15, -0.1) is 22.7 Å². The predicted octanol–water partition coefficient (Wildman–Crippen LogP) is 3.04. The maximum atomic E-state index is 9.84. The van der Waals surface area contributed by atoms with E-state index in [2.05, 4.69) is 23.7 Å². The number of hydrogen-bond donors (Lipinski definition) is 2. The lowest BCUT2D eigenvalue weighted by molar-refractivity contribution is 0.0288. The van der Waals surface area contributed by atoms with Crippen LogP contribution in [0.1, 0.15) is 22.7 Å². The Morgan fingerprint density at radius 3 is 2.74 bits per heavy atom. The van der Waals surface area contributed by atoms with Gasteiger partial charge in [0, 0.05) is 22.3 Å². The highest BCUT2D eigenvalue weighted by Gasteiger charge is 2.09. The normalized spacial score (nSPS) is 14.4. The molecule has 104 valence electrons. The van der Waals surface area contributed by atoms with Crippen LogP contribution in [0.5, 0.6) is 0 Å². The van der Waals surface area contributed by atoms with Crippen molar-refractivity contribution in [3.63, 3.8) is 0 Å². The molecule has 2 rings (SSSR count). The van der Waals surface area contributed by atoms with E-state index in [4.69, 9.17) is 4.74 Å². The molecule has 2 heterocycles. The minimum absolute atomic E-state index is 0.270. The number of aliphatic hydroxyl groups is 1. The molecule has 0 spiro atoms. The molecule has 0 aliphatic heterocycles. The number of thiophene rings is 2. The maximum absolute atomic E-state index is 9.84. The Kier molecular flexibility index (Phi) is 6.00. The number of aliphatic hydroxyl groups excluding tert-OH is 1. The molecular weight excluding hydrogens is 278 g/mol. The fraction of sp³-hybridized carbons (Fsp3) is 0.429. The van der Waals surface area contributed by atoms with Gasteiger partial charge < -0.3 is 15.2 Å². The molecule has 2 N–H and O–H groups in total. The Morgan fingerprint density at radius 2 is 2.05 bits per heavy atom. The molecule has 0 aliphatic rings. The lowest BCUT2D eigenvalue weighted by atomic mass is 10.2. The summed E-state index contributed by atoms with van der Waals surface area (Å²) in [4.78, 5) is 2.47. The third-order valence-electron chi connectivity index (χ3n) is 2.76. The highest BCUT2D eigenvalue weighted by molar-refractivity contribution is 7.10. The Labute approximate surface area is 121 Å². The fourth-order valence-electron chi connectivity index (χ4n) is 1.70.